The number of nitrogen functional groups attached to an aromatic ring is 1. The van der Waals surface area contributed by atoms with Crippen LogP contribution in [0.25, 0.3) is 0 Å². The van der Waals surface area contributed by atoms with E-state index in [9.17, 15) is 0 Å². The highest BCUT2D eigenvalue weighted by Crippen LogP contribution is 2.32. The number of nitrogens with two attached hydrogens (primary N) is 1. The molecule has 19 heavy (non-hydrogen) atoms. The van der Waals surface area contributed by atoms with Gasteiger partial charge in [0.2, 0.25) is 0 Å². The van der Waals surface area contributed by atoms with Crippen molar-refractivity contribution >= 4 is 32.4 Å². The molecule has 0 amide bonds. The smallest absolute Gasteiger partial charge is 0.180 e. The molecule has 2 nitrogen and oxygen atoms in total. The molecule has 0 aliphatic heterocycles. The van der Waals surface area contributed by atoms with Crippen LogP contribution >= 0.6 is 27.3 Å². The number of nitrogens with zero attached hydrogens (tertiary/aromatic N) is 1. The zero-order valence-corrected chi connectivity index (χ0v) is 14.2. The highest BCUT2D eigenvalue weighted by Gasteiger charge is 2.22. The number of hydrogen-bond donors (Lipinski definition) is 1. The van der Waals surface area contributed by atoms with E-state index in [0.717, 1.165) is 16.6 Å². The minimum Gasteiger partial charge on any atom is -0.375 e. The third-order valence-electron chi connectivity index (χ3n) is 2.89. The summed E-state index contributed by atoms with van der Waals surface area (Å²) < 4.78 is 1.12. The molecule has 1 aromatic carbocycles. The Balaban J connectivity index is 2.38. The highest BCUT2D eigenvalue weighted by atomic mass is 79.9. The van der Waals surface area contributed by atoms with Crippen LogP contribution in [0.3, 0.4) is 0 Å². The zero-order valence-electron chi connectivity index (χ0n) is 11.7. The molecule has 2 aromatic rings. The molecule has 1 heterocycles. The van der Waals surface area contributed by atoms with Gasteiger partial charge in [0.1, 0.15) is 0 Å². The first-order chi connectivity index (χ1) is 8.75. The Morgan fingerprint density at radius 2 is 1.95 bits per heavy atom. The van der Waals surface area contributed by atoms with Crippen LogP contribution in [0.5, 0.6) is 0 Å². The topological polar surface area (TPSA) is 38.9 Å². The molecule has 2 rings (SSSR count). The van der Waals surface area contributed by atoms with Crippen LogP contribution in [0.1, 0.15) is 42.5 Å². The predicted molar refractivity (Wildman–Crippen MR) is 86.9 cm³/mol. The van der Waals surface area contributed by atoms with Crippen molar-refractivity contribution in [3.8, 4) is 0 Å². The molecule has 0 saturated heterocycles. The maximum atomic E-state index is 5.89. The summed E-state index contributed by atoms with van der Waals surface area (Å²) >= 11 is 5.15. The van der Waals surface area contributed by atoms with Gasteiger partial charge in [0.15, 0.2) is 5.13 Å². The summed E-state index contributed by atoms with van der Waals surface area (Å²) in [5.74, 6) is 0. The number of rotatable bonds is 2. The van der Waals surface area contributed by atoms with E-state index in [1.165, 1.54) is 16.0 Å². The van der Waals surface area contributed by atoms with E-state index in [0.29, 0.717) is 5.13 Å². The van der Waals surface area contributed by atoms with Crippen LogP contribution in [0.4, 0.5) is 5.13 Å². The standard InChI is InChI=1S/C15H19BrN2S/c1-9-5-10(7-11(16)6-9)8-12-13(15(2,3)4)18-14(17)19-12/h5-7H,8H2,1-4H3,(H2,17,18). The lowest BCUT2D eigenvalue weighted by Gasteiger charge is -2.17. The Morgan fingerprint density at radius 3 is 2.53 bits per heavy atom. The van der Waals surface area contributed by atoms with Gasteiger partial charge < -0.3 is 5.73 Å². The Kier molecular flexibility index (Phi) is 4.02. The van der Waals surface area contributed by atoms with Gasteiger partial charge in [-0.2, -0.15) is 0 Å². The summed E-state index contributed by atoms with van der Waals surface area (Å²) in [5, 5.41) is 0.659. The summed E-state index contributed by atoms with van der Waals surface area (Å²) in [7, 11) is 0. The number of aromatic nitrogens is 1. The fraction of sp³-hybridized carbons (Fsp3) is 0.400. The van der Waals surface area contributed by atoms with Crippen LogP contribution in [0.15, 0.2) is 22.7 Å². The average molecular weight is 339 g/mol. The minimum absolute atomic E-state index is 0.0323. The fourth-order valence-corrected chi connectivity index (χ4v) is 3.91. The van der Waals surface area contributed by atoms with Crippen LogP contribution in [0, 0.1) is 6.92 Å². The molecule has 4 heteroatoms. The minimum atomic E-state index is 0.0323. The summed E-state index contributed by atoms with van der Waals surface area (Å²) in [5.41, 5.74) is 9.59. The van der Waals surface area contributed by atoms with Crippen molar-refractivity contribution in [2.24, 2.45) is 0 Å². The third kappa shape index (κ3) is 3.57. The van der Waals surface area contributed by atoms with E-state index in [1.807, 2.05) is 0 Å². The molecule has 0 saturated carbocycles. The van der Waals surface area contributed by atoms with Gasteiger partial charge in [-0.15, -0.1) is 11.3 Å². The normalized spacial score (nSPS) is 11.8. The van der Waals surface area contributed by atoms with Crippen molar-refractivity contribution in [1.29, 1.82) is 0 Å². The van der Waals surface area contributed by atoms with E-state index >= 15 is 0 Å². The van der Waals surface area contributed by atoms with E-state index in [-0.39, 0.29) is 5.41 Å². The lowest BCUT2D eigenvalue weighted by Crippen LogP contribution is -2.14. The third-order valence-corrected chi connectivity index (χ3v) is 4.23. The largest absolute Gasteiger partial charge is 0.375 e. The highest BCUT2D eigenvalue weighted by molar-refractivity contribution is 9.10. The Labute approximate surface area is 127 Å². The Morgan fingerprint density at radius 1 is 1.26 bits per heavy atom. The van der Waals surface area contributed by atoms with E-state index < -0.39 is 0 Å². The van der Waals surface area contributed by atoms with Crippen molar-refractivity contribution in [2.75, 3.05) is 5.73 Å². The lowest BCUT2D eigenvalue weighted by molar-refractivity contribution is 0.568. The van der Waals surface area contributed by atoms with Gasteiger partial charge in [0, 0.05) is 21.2 Å². The molecular weight excluding hydrogens is 320 g/mol. The molecule has 0 aliphatic rings. The van der Waals surface area contributed by atoms with Crippen LogP contribution in [-0.2, 0) is 11.8 Å². The maximum absolute atomic E-state index is 5.89. The molecule has 0 spiro atoms. The summed E-state index contributed by atoms with van der Waals surface area (Å²) in [6, 6.07) is 6.50. The number of hydrogen-bond acceptors (Lipinski definition) is 3. The zero-order chi connectivity index (χ0) is 14.2. The second-order valence-electron chi connectivity index (χ2n) is 5.89. The Bertz CT molecular complexity index is 576. The van der Waals surface area contributed by atoms with Crippen LogP contribution in [-0.4, -0.2) is 4.98 Å². The molecule has 0 unspecified atom stereocenters. The second kappa shape index (κ2) is 5.25. The van der Waals surface area contributed by atoms with Gasteiger partial charge in [0.25, 0.3) is 0 Å². The SMILES string of the molecule is Cc1cc(Br)cc(Cc2sc(N)nc2C(C)(C)C)c1. The van der Waals surface area contributed by atoms with Gasteiger partial charge in [-0.25, -0.2) is 4.98 Å². The van der Waals surface area contributed by atoms with Crippen molar-refractivity contribution in [3.05, 3.63) is 44.4 Å². The van der Waals surface area contributed by atoms with E-state index in [1.54, 1.807) is 11.3 Å². The number of anilines is 1. The fourth-order valence-electron chi connectivity index (χ4n) is 2.18. The molecule has 0 atom stereocenters. The lowest BCUT2D eigenvalue weighted by atomic mass is 9.90. The number of benzene rings is 1. The van der Waals surface area contributed by atoms with Gasteiger partial charge in [-0.1, -0.05) is 42.8 Å². The van der Waals surface area contributed by atoms with Gasteiger partial charge in [-0.05, 0) is 30.2 Å². The quantitative estimate of drug-likeness (QED) is 0.862. The predicted octanol–water partition coefficient (Wildman–Crippen LogP) is 4.68. The van der Waals surface area contributed by atoms with Gasteiger partial charge in [-0.3, -0.25) is 0 Å². The molecule has 0 aliphatic carbocycles. The van der Waals surface area contributed by atoms with Crippen molar-refractivity contribution in [3.63, 3.8) is 0 Å². The first-order valence-electron chi connectivity index (χ1n) is 6.27. The molecular formula is C15H19BrN2S. The number of thiazole rings is 1. The summed E-state index contributed by atoms with van der Waals surface area (Å²) in [6.07, 6.45) is 0.891. The monoisotopic (exact) mass is 338 g/mol. The van der Waals surface area contributed by atoms with Gasteiger partial charge >= 0.3 is 0 Å². The summed E-state index contributed by atoms with van der Waals surface area (Å²) in [4.78, 5) is 5.77. The van der Waals surface area contributed by atoms with Crippen molar-refractivity contribution in [1.82, 2.24) is 4.98 Å². The first-order valence-corrected chi connectivity index (χ1v) is 7.88. The number of aryl methyl sites for hydroxylation is 1. The van der Waals surface area contributed by atoms with Crippen LogP contribution < -0.4 is 5.73 Å². The van der Waals surface area contributed by atoms with E-state index in [2.05, 4.69) is 66.8 Å². The molecule has 0 fully saturated rings. The molecule has 0 radical (unpaired) electrons. The molecule has 1 aromatic heterocycles. The second-order valence-corrected chi connectivity index (χ2v) is 7.92. The first kappa shape index (κ1) is 14.5. The maximum Gasteiger partial charge on any atom is 0.180 e. The van der Waals surface area contributed by atoms with Gasteiger partial charge in [0.05, 0.1) is 5.69 Å². The van der Waals surface area contributed by atoms with Crippen molar-refractivity contribution in [2.45, 2.75) is 39.5 Å². The number of halogens is 1. The molecule has 2 N–H and O–H groups in total. The molecule has 102 valence electrons. The molecule has 0 bridgehead atoms. The summed E-state index contributed by atoms with van der Waals surface area (Å²) in [6.45, 7) is 8.64. The average Bonchev–Trinajstić information content (AvgIpc) is 2.57. The van der Waals surface area contributed by atoms with E-state index in [4.69, 9.17) is 5.73 Å². The Hall–Kier alpha value is -0.870. The van der Waals surface area contributed by atoms with Crippen LogP contribution in [0.2, 0.25) is 0 Å². The van der Waals surface area contributed by atoms with Crippen molar-refractivity contribution < 1.29 is 0 Å².